The fourth-order valence-electron chi connectivity index (χ4n) is 2.47. The van der Waals surface area contributed by atoms with Gasteiger partial charge in [-0.25, -0.2) is 0 Å². The molecule has 0 radical (unpaired) electrons. The number of hydrogen-bond donors (Lipinski definition) is 1. The van der Waals surface area contributed by atoms with Gasteiger partial charge in [0.05, 0.1) is 18.4 Å². The molecule has 5 heteroatoms. The Morgan fingerprint density at radius 1 is 1.50 bits per heavy atom. The van der Waals surface area contributed by atoms with Crippen LogP contribution in [0, 0.1) is 13.8 Å². The summed E-state index contributed by atoms with van der Waals surface area (Å²) in [4.78, 5) is 2.31. The molecule has 0 aliphatic carbocycles. The third-order valence-corrected chi connectivity index (χ3v) is 3.61. The predicted octanol–water partition coefficient (Wildman–Crippen LogP) is 0.457. The van der Waals surface area contributed by atoms with Crippen molar-refractivity contribution in [2.45, 2.75) is 26.5 Å². The molecule has 1 N–H and O–H groups in total. The molecular formula is C13H24N4O. The zero-order valence-electron chi connectivity index (χ0n) is 11.9. The van der Waals surface area contributed by atoms with E-state index in [0.29, 0.717) is 6.10 Å². The molecule has 5 nitrogen and oxygen atoms in total. The molecule has 2 rings (SSSR count). The van der Waals surface area contributed by atoms with E-state index in [-0.39, 0.29) is 0 Å². The maximum atomic E-state index is 5.73. The van der Waals surface area contributed by atoms with E-state index in [1.165, 1.54) is 11.3 Å². The van der Waals surface area contributed by atoms with Crippen molar-refractivity contribution in [1.82, 2.24) is 20.0 Å². The summed E-state index contributed by atoms with van der Waals surface area (Å²) in [5.41, 5.74) is 3.72. The lowest BCUT2D eigenvalue weighted by Gasteiger charge is -2.28. The summed E-state index contributed by atoms with van der Waals surface area (Å²) in [6, 6.07) is 0. The molecule has 1 aliphatic rings. The van der Waals surface area contributed by atoms with Gasteiger partial charge in [0, 0.05) is 44.5 Å². The molecule has 1 aromatic heterocycles. The average molecular weight is 252 g/mol. The van der Waals surface area contributed by atoms with E-state index in [1.807, 2.05) is 11.7 Å². The normalized spacial score (nSPS) is 20.6. The van der Waals surface area contributed by atoms with Crippen LogP contribution in [0.1, 0.15) is 17.0 Å². The Hall–Kier alpha value is -0.910. The van der Waals surface area contributed by atoms with Gasteiger partial charge in [0.25, 0.3) is 0 Å². The minimum Gasteiger partial charge on any atom is -0.374 e. The summed E-state index contributed by atoms with van der Waals surface area (Å²) in [6.45, 7) is 8.85. The maximum absolute atomic E-state index is 5.73. The van der Waals surface area contributed by atoms with E-state index in [1.54, 1.807) is 0 Å². The molecular weight excluding hydrogens is 228 g/mol. The third kappa shape index (κ3) is 3.10. The molecule has 1 fully saturated rings. The number of nitrogens with one attached hydrogen (secondary N) is 1. The minimum atomic E-state index is 0.307. The van der Waals surface area contributed by atoms with Crippen molar-refractivity contribution in [3.8, 4) is 0 Å². The second-order valence-electron chi connectivity index (χ2n) is 5.17. The first-order valence-electron chi connectivity index (χ1n) is 6.58. The summed E-state index contributed by atoms with van der Waals surface area (Å²) in [7, 11) is 4.14. The van der Waals surface area contributed by atoms with Crippen LogP contribution in [0.25, 0.3) is 0 Å². The van der Waals surface area contributed by atoms with E-state index >= 15 is 0 Å². The Labute approximate surface area is 109 Å². The van der Waals surface area contributed by atoms with Crippen LogP contribution in [0.2, 0.25) is 0 Å². The van der Waals surface area contributed by atoms with Crippen LogP contribution in [0.15, 0.2) is 0 Å². The van der Waals surface area contributed by atoms with Crippen LogP contribution >= 0.6 is 0 Å². The van der Waals surface area contributed by atoms with Gasteiger partial charge in [-0.15, -0.1) is 0 Å². The second-order valence-corrected chi connectivity index (χ2v) is 5.17. The van der Waals surface area contributed by atoms with E-state index < -0.39 is 0 Å². The molecule has 0 bridgehead atoms. The molecule has 102 valence electrons. The summed E-state index contributed by atoms with van der Waals surface area (Å²) in [6.07, 6.45) is 0.307. The van der Waals surface area contributed by atoms with Gasteiger partial charge in [-0.1, -0.05) is 0 Å². The second kappa shape index (κ2) is 5.82. The highest BCUT2D eigenvalue weighted by Crippen LogP contribution is 2.14. The summed E-state index contributed by atoms with van der Waals surface area (Å²) in [5.74, 6) is 0. The molecule has 0 spiro atoms. The number of morpholine rings is 1. The predicted molar refractivity (Wildman–Crippen MR) is 71.6 cm³/mol. The SMILES string of the molecule is Cc1nn(C)c(C)c1CN(C)CC1CNCCO1. The number of rotatable bonds is 4. The van der Waals surface area contributed by atoms with Gasteiger partial charge in [0.2, 0.25) is 0 Å². The van der Waals surface area contributed by atoms with Gasteiger partial charge in [-0.3, -0.25) is 9.58 Å². The van der Waals surface area contributed by atoms with E-state index in [9.17, 15) is 0 Å². The van der Waals surface area contributed by atoms with E-state index in [4.69, 9.17) is 4.74 Å². The third-order valence-electron chi connectivity index (χ3n) is 3.61. The van der Waals surface area contributed by atoms with E-state index in [0.717, 1.165) is 38.5 Å². The van der Waals surface area contributed by atoms with Gasteiger partial charge < -0.3 is 10.1 Å². The smallest absolute Gasteiger partial charge is 0.0826 e. The quantitative estimate of drug-likeness (QED) is 0.845. The highest BCUT2D eigenvalue weighted by atomic mass is 16.5. The number of nitrogens with zero attached hydrogens (tertiary/aromatic N) is 3. The maximum Gasteiger partial charge on any atom is 0.0826 e. The highest BCUT2D eigenvalue weighted by Gasteiger charge is 2.17. The first-order valence-corrected chi connectivity index (χ1v) is 6.58. The lowest BCUT2D eigenvalue weighted by atomic mass is 10.2. The number of likely N-dealkylation sites (N-methyl/N-ethyl adjacent to an activating group) is 1. The van der Waals surface area contributed by atoms with Crippen molar-refractivity contribution < 1.29 is 4.74 Å². The lowest BCUT2D eigenvalue weighted by molar-refractivity contribution is 0.00879. The van der Waals surface area contributed by atoms with Gasteiger partial charge in [0.1, 0.15) is 0 Å². The lowest BCUT2D eigenvalue weighted by Crippen LogP contribution is -2.44. The Balaban J connectivity index is 1.91. The van der Waals surface area contributed by atoms with Gasteiger partial charge in [-0.05, 0) is 20.9 Å². The van der Waals surface area contributed by atoms with Crippen molar-refractivity contribution in [3.05, 3.63) is 17.0 Å². The van der Waals surface area contributed by atoms with Gasteiger partial charge in [0.15, 0.2) is 0 Å². The largest absolute Gasteiger partial charge is 0.374 e. The first kappa shape index (κ1) is 13.5. The van der Waals surface area contributed by atoms with Gasteiger partial charge >= 0.3 is 0 Å². The zero-order chi connectivity index (χ0) is 13.1. The van der Waals surface area contributed by atoms with Crippen molar-refractivity contribution in [2.24, 2.45) is 7.05 Å². The Morgan fingerprint density at radius 2 is 2.28 bits per heavy atom. The summed E-state index contributed by atoms with van der Waals surface area (Å²) < 4.78 is 7.68. The number of aryl methyl sites for hydroxylation is 2. The Morgan fingerprint density at radius 3 is 2.83 bits per heavy atom. The summed E-state index contributed by atoms with van der Waals surface area (Å²) >= 11 is 0. The van der Waals surface area contributed by atoms with Crippen molar-refractivity contribution >= 4 is 0 Å². The number of ether oxygens (including phenoxy) is 1. The Kier molecular flexibility index (Phi) is 4.37. The molecule has 0 amide bonds. The van der Waals surface area contributed by atoms with Crippen LogP contribution in [0.5, 0.6) is 0 Å². The van der Waals surface area contributed by atoms with Crippen LogP contribution in [0.4, 0.5) is 0 Å². The molecule has 1 aromatic rings. The van der Waals surface area contributed by atoms with Crippen LogP contribution in [-0.4, -0.2) is 54.1 Å². The molecule has 1 saturated heterocycles. The van der Waals surface area contributed by atoms with Crippen LogP contribution in [-0.2, 0) is 18.3 Å². The zero-order valence-corrected chi connectivity index (χ0v) is 11.9. The van der Waals surface area contributed by atoms with Crippen LogP contribution < -0.4 is 5.32 Å². The number of hydrogen-bond acceptors (Lipinski definition) is 4. The van der Waals surface area contributed by atoms with Crippen molar-refractivity contribution in [1.29, 1.82) is 0 Å². The average Bonchev–Trinajstić information content (AvgIpc) is 2.57. The van der Waals surface area contributed by atoms with E-state index in [2.05, 4.69) is 36.2 Å². The fourth-order valence-corrected chi connectivity index (χ4v) is 2.47. The first-order chi connectivity index (χ1) is 8.58. The molecule has 18 heavy (non-hydrogen) atoms. The monoisotopic (exact) mass is 252 g/mol. The minimum absolute atomic E-state index is 0.307. The topological polar surface area (TPSA) is 42.3 Å². The van der Waals surface area contributed by atoms with Crippen molar-refractivity contribution in [3.63, 3.8) is 0 Å². The van der Waals surface area contributed by atoms with Crippen molar-refractivity contribution in [2.75, 3.05) is 33.3 Å². The Bertz CT molecular complexity index is 396. The highest BCUT2D eigenvalue weighted by molar-refractivity contribution is 5.24. The molecule has 1 aliphatic heterocycles. The molecule has 1 atom stereocenters. The number of aromatic nitrogens is 2. The summed E-state index contributed by atoms with van der Waals surface area (Å²) in [5, 5.41) is 7.82. The van der Waals surface area contributed by atoms with Crippen LogP contribution in [0.3, 0.4) is 0 Å². The van der Waals surface area contributed by atoms with Gasteiger partial charge in [-0.2, -0.15) is 5.10 Å². The molecule has 0 aromatic carbocycles. The molecule has 0 saturated carbocycles. The molecule has 2 heterocycles. The fraction of sp³-hybridized carbons (Fsp3) is 0.769. The molecule has 1 unspecified atom stereocenters. The standard InChI is InChI=1S/C13H24N4O/c1-10-13(11(2)17(4)15-10)9-16(3)8-12-7-14-5-6-18-12/h12,14H,5-9H2,1-4H3.